The van der Waals surface area contributed by atoms with Crippen LogP contribution >= 0.6 is 0 Å². The van der Waals surface area contributed by atoms with Crippen LogP contribution in [0.25, 0.3) is 5.82 Å². The van der Waals surface area contributed by atoms with Gasteiger partial charge in [0.1, 0.15) is 5.82 Å². The molecule has 162 valence electrons. The number of nitrogens with one attached hydrogen (secondary N) is 1. The monoisotopic (exact) mass is 432 g/mol. The Balaban J connectivity index is 1.49. The van der Waals surface area contributed by atoms with Gasteiger partial charge in [-0.05, 0) is 31.9 Å². The van der Waals surface area contributed by atoms with E-state index in [0.717, 1.165) is 24.7 Å². The van der Waals surface area contributed by atoms with Crippen LogP contribution in [0.4, 0.5) is 19.0 Å². The topological polar surface area (TPSA) is 102 Å². The molecule has 12 heteroatoms. The lowest BCUT2D eigenvalue weighted by molar-refractivity contribution is -0.141. The lowest BCUT2D eigenvalue weighted by Crippen LogP contribution is -2.45. The van der Waals surface area contributed by atoms with Gasteiger partial charge in [-0.1, -0.05) is 5.21 Å². The molecule has 9 nitrogen and oxygen atoms in total. The molecule has 0 saturated carbocycles. The van der Waals surface area contributed by atoms with Gasteiger partial charge in [-0.15, -0.1) is 5.10 Å². The molecule has 3 aromatic heterocycles. The number of aromatic nitrogens is 6. The minimum atomic E-state index is -4.54. The first kappa shape index (κ1) is 20.7. The van der Waals surface area contributed by atoms with E-state index >= 15 is 0 Å². The third-order valence-corrected chi connectivity index (χ3v) is 4.89. The minimum absolute atomic E-state index is 0.169. The van der Waals surface area contributed by atoms with Gasteiger partial charge in [0.15, 0.2) is 11.5 Å². The molecule has 1 aliphatic rings. The fourth-order valence-corrected chi connectivity index (χ4v) is 3.41. The van der Waals surface area contributed by atoms with Crippen LogP contribution in [0.15, 0.2) is 36.9 Å². The van der Waals surface area contributed by atoms with E-state index in [9.17, 15) is 18.0 Å². The van der Waals surface area contributed by atoms with E-state index in [1.165, 1.54) is 10.9 Å². The lowest BCUT2D eigenvalue weighted by Gasteiger charge is -2.33. The molecule has 1 saturated heterocycles. The second-order valence-corrected chi connectivity index (χ2v) is 7.19. The molecule has 3 aromatic rings. The van der Waals surface area contributed by atoms with Gasteiger partial charge in [0, 0.05) is 24.8 Å². The molecule has 1 aliphatic heterocycles. The first-order chi connectivity index (χ1) is 14.8. The van der Waals surface area contributed by atoms with E-state index in [-0.39, 0.29) is 17.8 Å². The number of rotatable bonds is 4. The number of nitrogens with zero attached hydrogens (tertiary/aromatic N) is 7. The van der Waals surface area contributed by atoms with E-state index in [1.807, 2.05) is 6.92 Å². The zero-order chi connectivity index (χ0) is 22.0. The van der Waals surface area contributed by atoms with E-state index < -0.39 is 11.9 Å². The van der Waals surface area contributed by atoms with Crippen molar-refractivity contribution in [2.75, 3.05) is 18.4 Å². The molecule has 4 heterocycles. The fraction of sp³-hybridized carbons (Fsp3) is 0.368. The van der Waals surface area contributed by atoms with Crippen LogP contribution in [0, 0.1) is 6.92 Å². The number of hydrogen-bond acceptors (Lipinski definition) is 7. The molecule has 4 rings (SSSR count). The number of piperidine rings is 1. The Morgan fingerprint density at radius 1 is 1.23 bits per heavy atom. The van der Waals surface area contributed by atoms with Gasteiger partial charge < -0.3 is 10.2 Å². The SMILES string of the molecule is Cc1ccc(C(=O)N2CCCC(Nc3cnc(C(F)(F)F)cn3)C2)c(-n2ccnn2)n1. The first-order valence-corrected chi connectivity index (χ1v) is 9.60. The zero-order valence-electron chi connectivity index (χ0n) is 16.5. The lowest BCUT2D eigenvalue weighted by atomic mass is 10.0. The minimum Gasteiger partial charge on any atom is -0.364 e. The summed E-state index contributed by atoms with van der Waals surface area (Å²) in [6, 6.07) is 3.29. The number of likely N-dealkylation sites (tertiary alicyclic amines) is 1. The van der Waals surface area contributed by atoms with Crippen molar-refractivity contribution in [2.24, 2.45) is 0 Å². The van der Waals surface area contributed by atoms with Gasteiger partial charge in [0.2, 0.25) is 0 Å². The molecule has 1 N–H and O–H groups in total. The Hall–Kier alpha value is -3.57. The van der Waals surface area contributed by atoms with Crippen LogP contribution in [0.1, 0.15) is 34.6 Å². The highest BCUT2D eigenvalue weighted by atomic mass is 19.4. The zero-order valence-corrected chi connectivity index (χ0v) is 16.5. The van der Waals surface area contributed by atoms with Crippen LogP contribution in [-0.2, 0) is 6.18 Å². The average Bonchev–Trinajstić information content (AvgIpc) is 3.28. The van der Waals surface area contributed by atoms with Gasteiger partial charge in [0.25, 0.3) is 5.91 Å². The number of carbonyl (C=O) groups excluding carboxylic acids is 1. The van der Waals surface area contributed by atoms with Crippen LogP contribution in [0.5, 0.6) is 0 Å². The van der Waals surface area contributed by atoms with Crippen molar-refractivity contribution < 1.29 is 18.0 Å². The second-order valence-electron chi connectivity index (χ2n) is 7.19. The van der Waals surface area contributed by atoms with Crippen molar-refractivity contribution in [1.82, 2.24) is 34.8 Å². The molecule has 1 amide bonds. The summed E-state index contributed by atoms with van der Waals surface area (Å²) in [6.45, 7) is 2.74. The highest BCUT2D eigenvalue weighted by Gasteiger charge is 2.33. The summed E-state index contributed by atoms with van der Waals surface area (Å²) in [5.41, 5.74) is 0.0817. The summed E-state index contributed by atoms with van der Waals surface area (Å²) in [4.78, 5) is 26.6. The van der Waals surface area contributed by atoms with Crippen molar-refractivity contribution in [1.29, 1.82) is 0 Å². The number of aryl methyl sites for hydroxylation is 1. The summed E-state index contributed by atoms with van der Waals surface area (Å²) < 4.78 is 39.4. The van der Waals surface area contributed by atoms with Gasteiger partial charge in [-0.2, -0.15) is 13.2 Å². The maximum absolute atomic E-state index is 13.2. The molecule has 1 unspecified atom stereocenters. The van der Waals surface area contributed by atoms with E-state index in [4.69, 9.17) is 0 Å². The number of pyridine rings is 1. The molecule has 0 bridgehead atoms. The number of hydrogen-bond donors (Lipinski definition) is 1. The predicted octanol–water partition coefficient (Wildman–Crippen LogP) is 2.50. The largest absolute Gasteiger partial charge is 0.434 e. The molecule has 0 aliphatic carbocycles. The number of anilines is 1. The third kappa shape index (κ3) is 4.62. The van der Waals surface area contributed by atoms with Crippen LogP contribution in [0.3, 0.4) is 0 Å². The van der Waals surface area contributed by atoms with E-state index in [2.05, 4.69) is 30.6 Å². The molecule has 1 fully saturated rings. The summed E-state index contributed by atoms with van der Waals surface area (Å²) in [7, 11) is 0. The van der Waals surface area contributed by atoms with Crippen LogP contribution in [0.2, 0.25) is 0 Å². The molecular formula is C19H19F3N8O. The molecule has 0 aromatic carbocycles. The summed E-state index contributed by atoms with van der Waals surface area (Å²) in [5.74, 6) is 0.418. The van der Waals surface area contributed by atoms with Gasteiger partial charge in [0.05, 0.1) is 30.4 Å². The molecule has 0 radical (unpaired) electrons. The normalized spacial score (nSPS) is 16.9. The summed E-state index contributed by atoms with van der Waals surface area (Å²) >= 11 is 0. The van der Waals surface area contributed by atoms with Gasteiger partial charge in [-0.3, -0.25) is 4.79 Å². The Kier molecular flexibility index (Phi) is 5.53. The van der Waals surface area contributed by atoms with Gasteiger partial charge >= 0.3 is 6.18 Å². The molecule has 1 atom stereocenters. The predicted molar refractivity (Wildman–Crippen MR) is 103 cm³/mol. The number of carbonyl (C=O) groups is 1. The maximum atomic E-state index is 13.2. The van der Waals surface area contributed by atoms with E-state index in [0.29, 0.717) is 30.7 Å². The Labute approximate surface area is 175 Å². The number of alkyl halides is 3. The first-order valence-electron chi connectivity index (χ1n) is 9.60. The molecular weight excluding hydrogens is 413 g/mol. The smallest absolute Gasteiger partial charge is 0.364 e. The summed E-state index contributed by atoms with van der Waals surface area (Å²) in [5, 5.41) is 10.8. The van der Waals surface area contributed by atoms with E-state index in [1.54, 1.807) is 23.2 Å². The van der Waals surface area contributed by atoms with Crippen LogP contribution < -0.4 is 5.32 Å². The van der Waals surface area contributed by atoms with Crippen LogP contribution in [-0.4, -0.2) is 59.9 Å². The summed E-state index contributed by atoms with van der Waals surface area (Å²) in [6.07, 6.45) is 1.80. The molecule has 0 spiro atoms. The number of amides is 1. The Morgan fingerprint density at radius 3 is 2.74 bits per heavy atom. The Morgan fingerprint density at radius 2 is 2.06 bits per heavy atom. The number of halogens is 3. The van der Waals surface area contributed by atoms with Crippen molar-refractivity contribution in [3.8, 4) is 5.82 Å². The van der Waals surface area contributed by atoms with Crippen molar-refractivity contribution >= 4 is 11.7 Å². The standard InChI is InChI=1S/C19H19F3N8O/c1-12-4-5-14(17(26-12)30-8-6-25-28-30)18(31)29-7-2-3-13(11-29)27-16-10-23-15(9-24-16)19(20,21)22/h4-6,8-10,13H,2-3,7,11H2,1H3,(H,24,27). The quantitative estimate of drug-likeness (QED) is 0.676. The maximum Gasteiger partial charge on any atom is 0.434 e. The average molecular weight is 432 g/mol. The highest BCUT2D eigenvalue weighted by molar-refractivity contribution is 5.97. The highest BCUT2D eigenvalue weighted by Crippen LogP contribution is 2.27. The van der Waals surface area contributed by atoms with Crippen molar-refractivity contribution in [3.63, 3.8) is 0 Å². The van der Waals surface area contributed by atoms with Crippen molar-refractivity contribution in [3.05, 3.63) is 53.9 Å². The Bertz CT molecular complexity index is 1050. The fourth-order valence-electron chi connectivity index (χ4n) is 3.41. The second kappa shape index (κ2) is 8.28. The van der Waals surface area contributed by atoms with Crippen molar-refractivity contribution in [2.45, 2.75) is 32.0 Å². The van der Waals surface area contributed by atoms with Gasteiger partial charge in [-0.25, -0.2) is 19.6 Å². The third-order valence-electron chi connectivity index (χ3n) is 4.89. The molecule has 31 heavy (non-hydrogen) atoms.